The molecule has 0 aromatic heterocycles. The Bertz CT molecular complexity index is 101. The molecule has 0 bridgehead atoms. The zero-order chi connectivity index (χ0) is 6.91. The fourth-order valence-electron chi connectivity index (χ4n) is 0.859. The smallest absolute Gasteiger partial charge is 0.0589 e. The predicted molar refractivity (Wildman–Crippen MR) is 34.0 cm³/mol. The van der Waals surface area contributed by atoms with E-state index in [1.807, 2.05) is 6.92 Å². The lowest BCUT2D eigenvalue weighted by molar-refractivity contribution is -0.121. The first-order valence-corrected chi connectivity index (χ1v) is 3.13. The average Bonchev–Trinajstić information content (AvgIpc) is 1.81. The summed E-state index contributed by atoms with van der Waals surface area (Å²) in [5.74, 6) is 0. The molecule has 1 aliphatic rings. The molecule has 54 valence electrons. The lowest BCUT2D eigenvalue weighted by Gasteiger charge is -2.41. The summed E-state index contributed by atoms with van der Waals surface area (Å²) in [6.45, 7) is 3.46. The van der Waals surface area contributed by atoms with Gasteiger partial charge >= 0.3 is 0 Å². The molecule has 0 radical (unpaired) electrons. The Labute approximate surface area is 54.8 Å². The van der Waals surface area contributed by atoms with E-state index < -0.39 is 0 Å². The van der Waals surface area contributed by atoms with Gasteiger partial charge < -0.3 is 15.6 Å². The van der Waals surface area contributed by atoms with Crippen molar-refractivity contribution in [2.45, 2.75) is 13.0 Å². The number of nitrogens with two attached hydrogens (primary N) is 1. The van der Waals surface area contributed by atoms with Crippen LogP contribution in [0.3, 0.4) is 0 Å². The second kappa shape index (κ2) is 2.25. The molecular formula is C6H13NO2. The highest BCUT2D eigenvalue weighted by Gasteiger charge is 2.38. The molecule has 0 spiro atoms. The maximum Gasteiger partial charge on any atom is 0.0589 e. The van der Waals surface area contributed by atoms with Crippen molar-refractivity contribution in [3.05, 3.63) is 0 Å². The topological polar surface area (TPSA) is 55.5 Å². The first-order valence-electron chi connectivity index (χ1n) is 3.13. The van der Waals surface area contributed by atoms with Crippen molar-refractivity contribution in [3.63, 3.8) is 0 Å². The molecule has 1 saturated heterocycles. The quantitative estimate of drug-likeness (QED) is 0.523. The highest BCUT2D eigenvalue weighted by atomic mass is 16.5. The summed E-state index contributed by atoms with van der Waals surface area (Å²) in [5.41, 5.74) is 5.62. The third-order valence-corrected chi connectivity index (χ3v) is 1.96. The summed E-state index contributed by atoms with van der Waals surface area (Å²) in [7, 11) is 0. The van der Waals surface area contributed by atoms with E-state index in [2.05, 4.69) is 0 Å². The molecule has 1 rings (SSSR count). The summed E-state index contributed by atoms with van der Waals surface area (Å²) in [6.07, 6.45) is 0. The largest absolute Gasteiger partial charge is 0.395 e. The Hall–Kier alpha value is -0.120. The highest BCUT2D eigenvalue weighted by Crippen LogP contribution is 2.28. The van der Waals surface area contributed by atoms with Crippen LogP contribution in [0.5, 0.6) is 0 Å². The fraction of sp³-hybridized carbons (Fsp3) is 1.00. The molecule has 1 atom stereocenters. The molecule has 3 heteroatoms. The van der Waals surface area contributed by atoms with Gasteiger partial charge in [0.05, 0.1) is 19.8 Å². The van der Waals surface area contributed by atoms with E-state index in [0.717, 1.165) is 0 Å². The zero-order valence-corrected chi connectivity index (χ0v) is 5.63. The normalized spacial score (nSPS) is 27.0. The van der Waals surface area contributed by atoms with Gasteiger partial charge in [0, 0.05) is 11.5 Å². The number of rotatable bonds is 2. The summed E-state index contributed by atoms with van der Waals surface area (Å²) < 4.78 is 4.97. The van der Waals surface area contributed by atoms with Crippen LogP contribution in [0.15, 0.2) is 0 Å². The molecule has 1 aliphatic heterocycles. The lowest BCUT2D eigenvalue weighted by atomic mass is 9.81. The van der Waals surface area contributed by atoms with Crippen molar-refractivity contribution < 1.29 is 9.84 Å². The van der Waals surface area contributed by atoms with Gasteiger partial charge in [-0.05, 0) is 0 Å². The van der Waals surface area contributed by atoms with Gasteiger partial charge in [-0.15, -0.1) is 0 Å². The Kier molecular flexibility index (Phi) is 1.75. The molecule has 0 aromatic carbocycles. The van der Waals surface area contributed by atoms with E-state index in [1.165, 1.54) is 0 Å². The Morgan fingerprint density at radius 2 is 2.33 bits per heavy atom. The van der Waals surface area contributed by atoms with E-state index in [0.29, 0.717) is 13.2 Å². The van der Waals surface area contributed by atoms with Gasteiger partial charge in [-0.25, -0.2) is 0 Å². The van der Waals surface area contributed by atoms with E-state index in [-0.39, 0.29) is 18.1 Å². The van der Waals surface area contributed by atoms with E-state index in [4.69, 9.17) is 15.6 Å². The maximum atomic E-state index is 8.65. The monoisotopic (exact) mass is 131 g/mol. The molecule has 3 nitrogen and oxygen atoms in total. The van der Waals surface area contributed by atoms with Gasteiger partial charge in [0.15, 0.2) is 0 Å². The Balaban J connectivity index is 2.38. The van der Waals surface area contributed by atoms with Crippen LogP contribution in [-0.4, -0.2) is 31.0 Å². The van der Waals surface area contributed by atoms with Crippen LogP contribution in [-0.2, 0) is 4.74 Å². The van der Waals surface area contributed by atoms with E-state index in [1.54, 1.807) is 0 Å². The third-order valence-electron chi connectivity index (χ3n) is 1.96. The molecule has 0 amide bonds. The fourth-order valence-corrected chi connectivity index (χ4v) is 0.859. The second-order valence-corrected chi connectivity index (χ2v) is 2.94. The predicted octanol–water partition coefficient (Wildman–Crippen LogP) is -0.658. The summed E-state index contributed by atoms with van der Waals surface area (Å²) in [5, 5.41) is 8.65. The van der Waals surface area contributed by atoms with E-state index >= 15 is 0 Å². The number of hydrogen-bond donors (Lipinski definition) is 2. The minimum Gasteiger partial charge on any atom is -0.395 e. The highest BCUT2D eigenvalue weighted by molar-refractivity contribution is 4.89. The van der Waals surface area contributed by atoms with Crippen LogP contribution in [0, 0.1) is 5.41 Å². The summed E-state index contributed by atoms with van der Waals surface area (Å²) >= 11 is 0. The molecule has 9 heavy (non-hydrogen) atoms. The molecule has 0 aliphatic carbocycles. The molecule has 0 saturated carbocycles. The molecule has 3 N–H and O–H groups in total. The van der Waals surface area contributed by atoms with Gasteiger partial charge in [-0.3, -0.25) is 0 Å². The number of aliphatic hydroxyl groups is 1. The van der Waals surface area contributed by atoms with Crippen molar-refractivity contribution in [1.29, 1.82) is 0 Å². The number of aliphatic hydroxyl groups excluding tert-OH is 1. The minimum absolute atomic E-state index is 0.0365. The summed E-state index contributed by atoms with van der Waals surface area (Å²) in [6, 6.07) is -0.119. The van der Waals surface area contributed by atoms with Crippen molar-refractivity contribution in [2.75, 3.05) is 19.8 Å². The van der Waals surface area contributed by atoms with Crippen molar-refractivity contribution in [1.82, 2.24) is 0 Å². The third kappa shape index (κ3) is 1.08. The first-order chi connectivity index (χ1) is 4.19. The van der Waals surface area contributed by atoms with Gasteiger partial charge in [0.25, 0.3) is 0 Å². The molecular weight excluding hydrogens is 118 g/mol. The van der Waals surface area contributed by atoms with Crippen LogP contribution >= 0.6 is 0 Å². The van der Waals surface area contributed by atoms with Crippen molar-refractivity contribution >= 4 is 0 Å². The molecule has 0 aromatic rings. The number of ether oxygens (including phenoxy) is 1. The second-order valence-electron chi connectivity index (χ2n) is 2.94. The van der Waals surface area contributed by atoms with Crippen LogP contribution in [0.1, 0.15) is 6.92 Å². The van der Waals surface area contributed by atoms with E-state index in [9.17, 15) is 0 Å². The maximum absolute atomic E-state index is 8.65. The van der Waals surface area contributed by atoms with Crippen molar-refractivity contribution in [2.24, 2.45) is 11.1 Å². The lowest BCUT2D eigenvalue weighted by Crippen LogP contribution is -2.54. The Morgan fingerprint density at radius 1 is 1.78 bits per heavy atom. The average molecular weight is 131 g/mol. The summed E-state index contributed by atoms with van der Waals surface area (Å²) in [4.78, 5) is 0. The SMILES string of the molecule is CC1([C@H](N)CO)COC1. The van der Waals surface area contributed by atoms with Crippen molar-refractivity contribution in [3.8, 4) is 0 Å². The standard InChI is InChI=1S/C6H13NO2/c1-6(3-9-4-6)5(7)2-8/h5,8H,2-4,7H2,1H3/t5-/m1/s1. The Morgan fingerprint density at radius 3 is 2.44 bits per heavy atom. The molecule has 1 heterocycles. The number of hydrogen-bond acceptors (Lipinski definition) is 3. The molecule has 1 fully saturated rings. The van der Waals surface area contributed by atoms with Gasteiger partial charge in [0.1, 0.15) is 0 Å². The zero-order valence-electron chi connectivity index (χ0n) is 5.63. The van der Waals surface area contributed by atoms with Gasteiger partial charge in [-0.1, -0.05) is 6.92 Å². The van der Waals surface area contributed by atoms with Crippen LogP contribution in [0.4, 0.5) is 0 Å². The van der Waals surface area contributed by atoms with Crippen LogP contribution in [0.25, 0.3) is 0 Å². The van der Waals surface area contributed by atoms with Crippen LogP contribution < -0.4 is 5.73 Å². The van der Waals surface area contributed by atoms with Crippen LogP contribution in [0.2, 0.25) is 0 Å². The van der Waals surface area contributed by atoms with Gasteiger partial charge in [0.2, 0.25) is 0 Å². The first kappa shape index (κ1) is 6.99. The minimum atomic E-state index is -0.119. The van der Waals surface area contributed by atoms with Gasteiger partial charge in [-0.2, -0.15) is 0 Å². The molecule has 0 unspecified atom stereocenters.